The van der Waals surface area contributed by atoms with Crippen molar-refractivity contribution in [3.8, 4) is 10.6 Å². The average molecular weight is 343 g/mol. The quantitative estimate of drug-likeness (QED) is 0.724. The summed E-state index contributed by atoms with van der Waals surface area (Å²) in [6, 6.07) is 2.02. The number of aryl methyl sites for hydroxylation is 1. The van der Waals surface area contributed by atoms with E-state index < -0.39 is 0 Å². The van der Waals surface area contributed by atoms with Crippen LogP contribution >= 0.6 is 34.4 Å². The van der Waals surface area contributed by atoms with Crippen molar-refractivity contribution in [2.45, 2.75) is 13.3 Å². The number of hydrogen-bond acceptors (Lipinski definition) is 6. The SMILES string of the molecule is Cc1nc(-c2ccsc2)sc1C(=O)NCCSCCCO. The molecule has 0 atom stereocenters. The molecule has 2 aromatic heterocycles. The van der Waals surface area contributed by atoms with E-state index in [1.165, 1.54) is 11.3 Å². The molecule has 0 aliphatic rings. The number of aliphatic hydroxyl groups is 1. The predicted molar refractivity (Wildman–Crippen MR) is 91.5 cm³/mol. The van der Waals surface area contributed by atoms with Crippen molar-refractivity contribution >= 4 is 40.3 Å². The molecule has 0 unspecified atom stereocenters. The van der Waals surface area contributed by atoms with Crippen molar-refractivity contribution < 1.29 is 9.90 Å². The van der Waals surface area contributed by atoms with Crippen molar-refractivity contribution in [1.82, 2.24) is 10.3 Å². The highest BCUT2D eigenvalue weighted by Gasteiger charge is 2.15. The number of nitrogens with zero attached hydrogens (tertiary/aromatic N) is 1. The van der Waals surface area contributed by atoms with E-state index in [9.17, 15) is 4.79 Å². The number of carbonyl (C=O) groups is 1. The van der Waals surface area contributed by atoms with Crippen LogP contribution in [0.15, 0.2) is 16.8 Å². The molecule has 4 nitrogen and oxygen atoms in total. The van der Waals surface area contributed by atoms with Gasteiger partial charge in [-0.15, -0.1) is 11.3 Å². The summed E-state index contributed by atoms with van der Waals surface area (Å²) in [4.78, 5) is 17.3. The molecular formula is C14H18N2O2S3. The van der Waals surface area contributed by atoms with Gasteiger partial charge in [-0.1, -0.05) is 0 Å². The van der Waals surface area contributed by atoms with Gasteiger partial charge in [0.05, 0.1) is 5.69 Å². The number of aromatic nitrogens is 1. The van der Waals surface area contributed by atoms with Crippen LogP contribution in [0.25, 0.3) is 10.6 Å². The van der Waals surface area contributed by atoms with Crippen molar-refractivity contribution in [1.29, 1.82) is 0 Å². The normalized spacial score (nSPS) is 10.8. The highest BCUT2D eigenvalue weighted by molar-refractivity contribution is 7.99. The lowest BCUT2D eigenvalue weighted by Crippen LogP contribution is -2.25. The fourth-order valence-electron chi connectivity index (χ4n) is 1.70. The topological polar surface area (TPSA) is 62.2 Å². The molecule has 0 aliphatic carbocycles. The van der Waals surface area contributed by atoms with Gasteiger partial charge in [0, 0.05) is 29.8 Å². The number of carbonyl (C=O) groups excluding carboxylic acids is 1. The maximum absolute atomic E-state index is 12.1. The smallest absolute Gasteiger partial charge is 0.263 e. The number of amides is 1. The lowest BCUT2D eigenvalue weighted by Gasteiger charge is -2.03. The number of hydrogen-bond donors (Lipinski definition) is 2. The first-order valence-electron chi connectivity index (χ1n) is 6.69. The first kappa shape index (κ1) is 16.5. The summed E-state index contributed by atoms with van der Waals surface area (Å²) in [5, 5.41) is 16.6. The van der Waals surface area contributed by atoms with Crippen molar-refractivity contribution in [3.63, 3.8) is 0 Å². The van der Waals surface area contributed by atoms with E-state index in [0.29, 0.717) is 11.4 Å². The highest BCUT2D eigenvalue weighted by Crippen LogP contribution is 2.29. The van der Waals surface area contributed by atoms with Gasteiger partial charge in [0.15, 0.2) is 0 Å². The lowest BCUT2D eigenvalue weighted by atomic mass is 10.3. The van der Waals surface area contributed by atoms with E-state index >= 15 is 0 Å². The van der Waals surface area contributed by atoms with Crippen LogP contribution in [0.1, 0.15) is 21.8 Å². The van der Waals surface area contributed by atoms with E-state index in [0.717, 1.165) is 34.2 Å². The van der Waals surface area contributed by atoms with E-state index in [-0.39, 0.29) is 12.5 Å². The molecule has 2 rings (SSSR count). The first-order valence-corrected chi connectivity index (χ1v) is 9.60. The molecule has 2 heterocycles. The molecule has 7 heteroatoms. The second-order valence-electron chi connectivity index (χ2n) is 4.39. The van der Waals surface area contributed by atoms with Crippen LogP contribution in [0.3, 0.4) is 0 Å². The van der Waals surface area contributed by atoms with E-state index in [1.807, 2.05) is 23.8 Å². The van der Waals surface area contributed by atoms with E-state index in [2.05, 4.69) is 10.3 Å². The Morgan fingerprint density at radius 3 is 3.05 bits per heavy atom. The molecular weight excluding hydrogens is 324 g/mol. The molecule has 0 radical (unpaired) electrons. The van der Waals surface area contributed by atoms with Gasteiger partial charge in [-0.3, -0.25) is 4.79 Å². The summed E-state index contributed by atoms with van der Waals surface area (Å²) >= 11 is 4.80. The van der Waals surface area contributed by atoms with Crippen LogP contribution in [0.4, 0.5) is 0 Å². The third-order valence-corrected chi connectivity index (χ3v) is 5.71. The standard InChI is InChI=1S/C14H18N2O2S3/c1-10-12(13(18)15-4-8-19-6-2-5-17)21-14(16-10)11-3-7-20-9-11/h3,7,9,17H,2,4-6,8H2,1H3,(H,15,18). The Labute approximate surface area is 136 Å². The summed E-state index contributed by atoms with van der Waals surface area (Å²) in [5.74, 6) is 1.74. The van der Waals surface area contributed by atoms with Crippen LogP contribution in [0.2, 0.25) is 0 Å². The van der Waals surface area contributed by atoms with E-state index in [4.69, 9.17) is 5.11 Å². The minimum Gasteiger partial charge on any atom is -0.396 e. The Kier molecular flexibility index (Phi) is 6.69. The molecule has 2 aromatic rings. The number of aliphatic hydroxyl groups excluding tert-OH is 1. The molecule has 0 spiro atoms. The summed E-state index contributed by atoms with van der Waals surface area (Å²) in [7, 11) is 0. The minimum absolute atomic E-state index is 0.0470. The number of thiophene rings is 1. The molecule has 0 bridgehead atoms. The molecule has 0 saturated heterocycles. The lowest BCUT2D eigenvalue weighted by molar-refractivity contribution is 0.0959. The first-order chi connectivity index (χ1) is 10.2. The fraction of sp³-hybridized carbons (Fsp3) is 0.429. The molecule has 2 N–H and O–H groups in total. The van der Waals surface area contributed by atoms with Gasteiger partial charge in [0.25, 0.3) is 5.91 Å². The molecule has 0 aromatic carbocycles. The molecule has 0 saturated carbocycles. The maximum atomic E-state index is 12.1. The van der Waals surface area contributed by atoms with Crippen molar-refractivity contribution in [2.24, 2.45) is 0 Å². The molecule has 0 fully saturated rings. The van der Waals surface area contributed by atoms with Gasteiger partial charge >= 0.3 is 0 Å². The van der Waals surface area contributed by atoms with Crippen LogP contribution in [0.5, 0.6) is 0 Å². The van der Waals surface area contributed by atoms with Gasteiger partial charge < -0.3 is 10.4 Å². The van der Waals surface area contributed by atoms with Crippen LogP contribution < -0.4 is 5.32 Å². The third-order valence-electron chi connectivity index (χ3n) is 2.75. The number of nitrogens with one attached hydrogen (secondary N) is 1. The van der Waals surface area contributed by atoms with Gasteiger partial charge in [-0.25, -0.2) is 4.98 Å². The second-order valence-corrected chi connectivity index (χ2v) is 7.39. The van der Waals surface area contributed by atoms with Gasteiger partial charge in [-0.2, -0.15) is 23.1 Å². The predicted octanol–water partition coefficient (Wildman–Crippen LogP) is 3.03. The van der Waals surface area contributed by atoms with Crippen LogP contribution in [0, 0.1) is 6.92 Å². The Bertz CT molecular complexity index is 567. The molecule has 21 heavy (non-hydrogen) atoms. The Hall–Kier alpha value is -0.890. The zero-order valence-electron chi connectivity index (χ0n) is 11.8. The van der Waals surface area contributed by atoms with Gasteiger partial charge in [-0.05, 0) is 30.5 Å². The molecule has 0 aliphatic heterocycles. The Morgan fingerprint density at radius 2 is 2.33 bits per heavy atom. The zero-order chi connectivity index (χ0) is 15.1. The number of thiazole rings is 1. The fourth-order valence-corrected chi connectivity index (χ4v) is 4.18. The van der Waals surface area contributed by atoms with E-state index in [1.54, 1.807) is 23.1 Å². The summed E-state index contributed by atoms with van der Waals surface area (Å²) in [6.07, 6.45) is 0.802. The minimum atomic E-state index is -0.0470. The van der Waals surface area contributed by atoms with Crippen molar-refractivity contribution in [2.75, 3.05) is 24.7 Å². The molecule has 1 amide bonds. The highest BCUT2D eigenvalue weighted by atomic mass is 32.2. The van der Waals surface area contributed by atoms with Gasteiger partial charge in [0.1, 0.15) is 9.88 Å². The van der Waals surface area contributed by atoms with Gasteiger partial charge in [0.2, 0.25) is 0 Å². The second kappa shape index (κ2) is 8.53. The largest absolute Gasteiger partial charge is 0.396 e. The zero-order valence-corrected chi connectivity index (χ0v) is 14.2. The van der Waals surface area contributed by atoms with Crippen molar-refractivity contribution in [3.05, 3.63) is 27.4 Å². The van der Waals surface area contributed by atoms with Crippen LogP contribution in [-0.4, -0.2) is 40.7 Å². The molecule has 114 valence electrons. The summed E-state index contributed by atoms with van der Waals surface area (Å²) in [5.41, 5.74) is 1.86. The average Bonchev–Trinajstić information content (AvgIpc) is 3.11. The maximum Gasteiger partial charge on any atom is 0.263 e. The summed E-state index contributed by atoms with van der Waals surface area (Å²) < 4.78 is 0. The summed E-state index contributed by atoms with van der Waals surface area (Å²) in [6.45, 7) is 2.74. The Morgan fingerprint density at radius 1 is 1.48 bits per heavy atom. The Balaban J connectivity index is 1.85. The van der Waals surface area contributed by atoms with Crippen LogP contribution in [-0.2, 0) is 0 Å². The third kappa shape index (κ3) is 4.81. The number of thioether (sulfide) groups is 1. The number of rotatable bonds is 8. The monoisotopic (exact) mass is 342 g/mol.